The summed E-state index contributed by atoms with van der Waals surface area (Å²) in [4.78, 5) is 12.6. The van der Waals surface area contributed by atoms with Crippen molar-refractivity contribution in [1.82, 2.24) is 5.32 Å². The highest BCUT2D eigenvalue weighted by Gasteiger charge is 2.14. The topological polar surface area (TPSA) is 38.3 Å². The molecule has 0 amide bonds. The molecule has 100 valence electrons. The summed E-state index contributed by atoms with van der Waals surface area (Å²) in [5.74, 6) is -0.153. The Morgan fingerprint density at radius 3 is 2.56 bits per heavy atom. The molecule has 0 aliphatic rings. The second-order valence-electron chi connectivity index (χ2n) is 3.94. The summed E-state index contributed by atoms with van der Waals surface area (Å²) in [6.07, 6.45) is 0. The molecule has 1 N–H and O–H groups in total. The second kappa shape index (κ2) is 8.16. The molecule has 1 aromatic carbocycles. The van der Waals surface area contributed by atoms with Gasteiger partial charge in [-0.05, 0) is 38.1 Å². The lowest BCUT2D eigenvalue weighted by atomic mass is 10.2. The summed E-state index contributed by atoms with van der Waals surface area (Å²) in [7, 11) is 0. The highest BCUT2D eigenvalue weighted by atomic mass is 32.2. The van der Waals surface area contributed by atoms with Crippen molar-refractivity contribution in [2.75, 3.05) is 13.2 Å². The number of nitrogens with one attached hydrogen (secondary N) is 1. The molecule has 0 spiro atoms. The fourth-order valence-electron chi connectivity index (χ4n) is 1.47. The number of esters is 1. The fraction of sp³-hybridized carbons (Fsp3) is 0.500. The van der Waals surface area contributed by atoms with Crippen LogP contribution in [0.15, 0.2) is 29.2 Å². The van der Waals surface area contributed by atoms with E-state index in [1.807, 2.05) is 26.0 Å². The van der Waals surface area contributed by atoms with E-state index in [2.05, 4.69) is 24.4 Å². The molecule has 1 unspecified atom stereocenters. The molecular formula is C14H21NO2S. The van der Waals surface area contributed by atoms with Crippen LogP contribution in [0.1, 0.15) is 26.3 Å². The molecule has 1 aromatic rings. The maximum absolute atomic E-state index is 11.5. The normalized spacial score (nSPS) is 12.2. The van der Waals surface area contributed by atoms with Crippen LogP contribution < -0.4 is 5.32 Å². The van der Waals surface area contributed by atoms with Crippen molar-refractivity contribution >= 4 is 17.7 Å². The third-order valence-corrected chi connectivity index (χ3v) is 3.52. The van der Waals surface area contributed by atoms with Gasteiger partial charge in [0.15, 0.2) is 0 Å². The maximum Gasteiger partial charge on any atom is 0.319 e. The van der Waals surface area contributed by atoms with Gasteiger partial charge in [-0.2, -0.15) is 0 Å². The van der Waals surface area contributed by atoms with E-state index in [-0.39, 0.29) is 11.2 Å². The molecule has 4 heteroatoms. The van der Waals surface area contributed by atoms with Gasteiger partial charge in [-0.3, -0.25) is 4.79 Å². The first-order valence-corrected chi connectivity index (χ1v) is 7.18. The van der Waals surface area contributed by atoms with Crippen LogP contribution in [0.4, 0.5) is 0 Å². The zero-order valence-electron chi connectivity index (χ0n) is 11.2. The van der Waals surface area contributed by atoms with E-state index in [0.29, 0.717) is 6.61 Å². The largest absolute Gasteiger partial charge is 0.465 e. The predicted octanol–water partition coefficient (Wildman–Crippen LogP) is 2.84. The minimum atomic E-state index is -0.162. The Balaban J connectivity index is 2.50. The summed E-state index contributed by atoms with van der Waals surface area (Å²) < 4.78 is 4.98. The van der Waals surface area contributed by atoms with Gasteiger partial charge in [-0.15, -0.1) is 11.8 Å². The van der Waals surface area contributed by atoms with Gasteiger partial charge in [0.1, 0.15) is 5.25 Å². The molecule has 0 saturated heterocycles. The van der Waals surface area contributed by atoms with Gasteiger partial charge in [0.25, 0.3) is 0 Å². The fourth-order valence-corrected chi connectivity index (χ4v) is 2.33. The van der Waals surface area contributed by atoms with Crippen LogP contribution >= 0.6 is 11.8 Å². The first-order valence-electron chi connectivity index (χ1n) is 6.30. The average Bonchev–Trinajstić information content (AvgIpc) is 2.38. The number of carbonyl (C=O) groups excluding carboxylic acids is 1. The van der Waals surface area contributed by atoms with Gasteiger partial charge in [0.2, 0.25) is 0 Å². The number of benzene rings is 1. The van der Waals surface area contributed by atoms with E-state index in [1.165, 1.54) is 17.3 Å². The van der Waals surface area contributed by atoms with Gasteiger partial charge in [-0.1, -0.05) is 19.1 Å². The van der Waals surface area contributed by atoms with Crippen LogP contribution in [0.5, 0.6) is 0 Å². The van der Waals surface area contributed by atoms with Crippen molar-refractivity contribution in [3.63, 3.8) is 0 Å². The molecule has 0 bridgehead atoms. The Kier molecular flexibility index (Phi) is 6.83. The smallest absolute Gasteiger partial charge is 0.319 e. The number of thioether (sulfide) groups is 1. The van der Waals surface area contributed by atoms with Crippen molar-refractivity contribution in [2.24, 2.45) is 0 Å². The molecule has 0 aromatic heterocycles. The van der Waals surface area contributed by atoms with E-state index < -0.39 is 0 Å². The SMILES string of the molecule is CCNCc1ccc(SC(C)C(=O)OCC)cc1. The lowest BCUT2D eigenvalue weighted by molar-refractivity contribution is -0.142. The molecule has 1 atom stereocenters. The Morgan fingerprint density at radius 2 is 2.00 bits per heavy atom. The Morgan fingerprint density at radius 1 is 1.33 bits per heavy atom. The molecule has 0 heterocycles. The Hall–Kier alpha value is -1.00. The van der Waals surface area contributed by atoms with E-state index in [4.69, 9.17) is 4.74 Å². The van der Waals surface area contributed by atoms with Crippen molar-refractivity contribution < 1.29 is 9.53 Å². The number of rotatable bonds is 7. The summed E-state index contributed by atoms with van der Waals surface area (Å²) in [6, 6.07) is 8.27. The summed E-state index contributed by atoms with van der Waals surface area (Å²) >= 11 is 1.53. The summed E-state index contributed by atoms with van der Waals surface area (Å²) in [6.45, 7) is 8.07. The average molecular weight is 267 g/mol. The summed E-state index contributed by atoms with van der Waals surface area (Å²) in [5, 5.41) is 3.12. The molecule has 1 rings (SSSR count). The van der Waals surface area contributed by atoms with Crippen LogP contribution in [0.2, 0.25) is 0 Å². The lowest BCUT2D eigenvalue weighted by Gasteiger charge is -2.10. The number of hydrogen-bond donors (Lipinski definition) is 1. The zero-order chi connectivity index (χ0) is 13.4. The van der Waals surface area contributed by atoms with Gasteiger partial charge in [0, 0.05) is 11.4 Å². The van der Waals surface area contributed by atoms with Crippen molar-refractivity contribution in [3.05, 3.63) is 29.8 Å². The number of hydrogen-bond acceptors (Lipinski definition) is 4. The van der Waals surface area contributed by atoms with E-state index in [1.54, 1.807) is 0 Å². The molecule has 18 heavy (non-hydrogen) atoms. The van der Waals surface area contributed by atoms with Crippen LogP contribution in [0.3, 0.4) is 0 Å². The van der Waals surface area contributed by atoms with Gasteiger partial charge >= 0.3 is 5.97 Å². The molecule has 0 aliphatic heterocycles. The van der Waals surface area contributed by atoms with Crippen LogP contribution in [-0.4, -0.2) is 24.4 Å². The van der Waals surface area contributed by atoms with E-state index >= 15 is 0 Å². The number of carbonyl (C=O) groups is 1. The number of ether oxygens (including phenoxy) is 1. The molecule has 0 aliphatic carbocycles. The first kappa shape index (κ1) is 15.1. The van der Waals surface area contributed by atoms with Crippen molar-refractivity contribution in [2.45, 2.75) is 37.5 Å². The van der Waals surface area contributed by atoms with Crippen molar-refractivity contribution in [1.29, 1.82) is 0 Å². The predicted molar refractivity (Wildman–Crippen MR) is 75.8 cm³/mol. The van der Waals surface area contributed by atoms with Gasteiger partial charge < -0.3 is 10.1 Å². The molecule has 0 saturated carbocycles. The lowest BCUT2D eigenvalue weighted by Crippen LogP contribution is -2.16. The van der Waals surface area contributed by atoms with Gasteiger partial charge in [0.05, 0.1) is 6.61 Å². The first-order chi connectivity index (χ1) is 8.67. The monoisotopic (exact) mass is 267 g/mol. The highest BCUT2D eigenvalue weighted by molar-refractivity contribution is 8.00. The zero-order valence-corrected chi connectivity index (χ0v) is 12.0. The van der Waals surface area contributed by atoms with Crippen molar-refractivity contribution in [3.8, 4) is 0 Å². The molecule has 0 radical (unpaired) electrons. The van der Waals surface area contributed by atoms with E-state index in [9.17, 15) is 4.79 Å². The third-order valence-electron chi connectivity index (χ3n) is 2.43. The van der Waals surface area contributed by atoms with Gasteiger partial charge in [-0.25, -0.2) is 0 Å². The Bertz CT molecular complexity index is 365. The van der Waals surface area contributed by atoms with Crippen LogP contribution in [0.25, 0.3) is 0 Å². The molecule has 3 nitrogen and oxygen atoms in total. The minimum Gasteiger partial charge on any atom is -0.465 e. The molecular weight excluding hydrogens is 246 g/mol. The molecule has 0 fully saturated rings. The minimum absolute atomic E-state index is 0.153. The highest BCUT2D eigenvalue weighted by Crippen LogP contribution is 2.24. The van der Waals surface area contributed by atoms with Crippen LogP contribution in [0, 0.1) is 0 Å². The van der Waals surface area contributed by atoms with Crippen LogP contribution in [-0.2, 0) is 16.1 Å². The second-order valence-corrected chi connectivity index (χ2v) is 5.35. The maximum atomic E-state index is 11.5. The summed E-state index contributed by atoms with van der Waals surface area (Å²) in [5.41, 5.74) is 1.25. The Labute approximate surface area is 113 Å². The quantitative estimate of drug-likeness (QED) is 0.609. The van der Waals surface area contributed by atoms with E-state index in [0.717, 1.165) is 18.0 Å². The standard InChI is InChI=1S/C14H21NO2S/c1-4-15-10-12-6-8-13(9-7-12)18-11(3)14(16)17-5-2/h6-9,11,15H,4-5,10H2,1-3H3. The third kappa shape index (κ3) is 5.10.